The van der Waals surface area contributed by atoms with E-state index in [1.54, 1.807) is 13.0 Å². The second kappa shape index (κ2) is 7.75. The molecule has 0 aliphatic rings. The number of pyridine rings is 2. The number of hydrogen-bond donors (Lipinski definition) is 2. The number of H-pyrrole nitrogens is 1. The van der Waals surface area contributed by atoms with E-state index in [2.05, 4.69) is 20.3 Å². The third kappa shape index (κ3) is 3.71. The Bertz CT molecular complexity index is 1160. The quantitative estimate of drug-likeness (QED) is 0.701. The highest BCUT2D eigenvalue weighted by molar-refractivity contribution is 6.05. The van der Waals surface area contributed by atoms with Gasteiger partial charge in [-0.25, -0.2) is 9.78 Å². The molecular formula is C20H23N5O3. The molecule has 8 heteroatoms. The van der Waals surface area contributed by atoms with Crippen LogP contribution in [0.3, 0.4) is 0 Å². The second-order valence-electron chi connectivity index (χ2n) is 6.90. The van der Waals surface area contributed by atoms with Gasteiger partial charge in [0.1, 0.15) is 0 Å². The highest BCUT2D eigenvalue weighted by atomic mass is 16.2. The van der Waals surface area contributed by atoms with Gasteiger partial charge in [0.2, 0.25) is 0 Å². The van der Waals surface area contributed by atoms with Crippen molar-refractivity contribution in [3.63, 3.8) is 0 Å². The van der Waals surface area contributed by atoms with Gasteiger partial charge in [0.15, 0.2) is 5.65 Å². The summed E-state index contributed by atoms with van der Waals surface area (Å²) in [5.41, 5.74) is 1.47. The second-order valence-corrected chi connectivity index (χ2v) is 6.90. The molecule has 0 aliphatic heterocycles. The van der Waals surface area contributed by atoms with Gasteiger partial charge in [0, 0.05) is 17.9 Å². The standard InChI is InChI=1S/C20H23N5O3/c1-5-25-17-16(19(27)24-20(25)28)14(9-15(23-17)11(2)3)18(26)21-10-13-8-6-7-12(4)22-13/h6-9,11H,5,10H2,1-4H3,(H,21,26)(H,24,27,28). The van der Waals surface area contributed by atoms with Crippen LogP contribution in [-0.2, 0) is 13.1 Å². The monoisotopic (exact) mass is 381 g/mol. The molecule has 0 radical (unpaired) electrons. The fourth-order valence-electron chi connectivity index (χ4n) is 3.03. The van der Waals surface area contributed by atoms with Crippen LogP contribution in [-0.4, -0.2) is 25.4 Å². The number of hydrogen-bond acceptors (Lipinski definition) is 5. The first-order chi connectivity index (χ1) is 13.3. The van der Waals surface area contributed by atoms with Crippen molar-refractivity contribution in [1.82, 2.24) is 24.8 Å². The number of aromatic nitrogens is 4. The average molecular weight is 381 g/mol. The number of aryl methyl sites for hydroxylation is 2. The minimum absolute atomic E-state index is 0.0223. The lowest BCUT2D eigenvalue weighted by atomic mass is 10.0. The van der Waals surface area contributed by atoms with Crippen LogP contribution in [0.1, 0.15) is 54.1 Å². The van der Waals surface area contributed by atoms with Crippen molar-refractivity contribution in [2.45, 2.75) is 46.7 Å². The lowest BCUT2D eigenvalue weighted by molar-refractivity contribution is 0.0951. The molecule has 3 rings (SSSR count). The summed E-state index contributed by atoms with van der Waals surface area (Å²) < 4.78 is 1.36. The van der Waals surface area contributed by atoms with E-state index in [0.29, 0.717) is 12.2 Å². The van der Waals surface area contributed by atoms with E-state index >= 15 is 0 Å². The smallest absolute Gasteiger partial charge is 0.329 e. The molecule has 3 aromatic rings. The first kappa shape index (κ1) is 19.5. The Morgan fingerprint density at radius 1 is 1.25 bits per heavy atom. The van der Waals surface area contributed by atoms with E-state index in [9.17, 15) is 14.4 Å². The van der Waals surface area contributed by atoms with Crippen LogP contribution in [0.5, 0.6) is 0 Å². The first-order valence-electron chi connectivity index (χ1n) is 9.20. The Morgan fingerprint density at radius 3 is 2.64 bits per heavy atom. The SMILES string of the molecule is CCn1c(=O)[nH]c(=O)c2c(C(=O)NCc3cccc(C)n3)cc(C(C)C)nc21. The number of nitrogens with one attached hydrogen (secondary N) is 2. The fraction of sp³-hybridized carbons (Fsp3) is 0.350. The Balaban J connectivity index is 2.11. The Kier molecular flexibility index (Phi) is 5.39. The minimum Gasteiger partial charge on any atom is -0.346 e. The Morgan fingerprint density at radius 2 is 2.00 bits per heavy atom. The van der Waals surface area contributed by atoms with Crippen LogP contribution < -0.4 is 16.6 Å². The van der Waals surface area contributed by atoms with Crippen molar-refractivity contribution < 1.29 is 4.79 Å². The molecular weight excluding hydrogens is 358 g/mol. The molecule has 8 nitrogen and oxygen atoms in total. The van der Waals surface area contributed by atoms with Crippen molar-refractivity contribution in [3.8, 4) is 0 Å². The summed E-state index contributed by atoms with van der Waals surface area (Å²) in [6.45, 7) is 8.09. The predicted molar refractivity (Wildman–Crippen MR) is 107 cm³/mol. The van der Waals surface area contributed by atoms with Crippen molar-refractivity contribution in [3.05, 3.63) is 67.7 Å². The summed E-state index contributed by atoms with van der Waals surface area (Å²) in [4.78, 5) is 48.7. The lowest BCUT2D eigenvalue weighted by Gasteiger charge is -2.14. The lowest BCUT2D eigenvalue weighted by Crippen LogP contribution is -2.33. The molecule has 0 fully saturated rings. The van der Waals surface area contributed by atoms with Crippen molar-refractivity contribution in [2.75, 3.05) is 0 Å². The van der Waals surface area contributed by atoms with Gasteiger partial charge < -0.3 is 5.32 Å². The van der Waals surface area contributed by atoms with Crippen LogP contribution in [0, 0.1) is 6.92 Å². The van der Waals surface area contributed by atoms with Crippen LogP contribution in [0.4, 0.5) is 0 Å². The third-order valence-corrected chi connectivity index (χ3v) is 4.50. The van der Waals surface area contributed by atoms with Gasteiger partial charge in [0.25, 0.3) is 11.5 Å². The van der Waals surface area contributed by atoms with Gasteiger partial charge in [-0.1, -0.05) is 19.9 Å². The molecule has 2 N–H and O–H groups in total. The summed E-state index contributed by atoms with van der Waals surface area (Å²) in [5.74, 6) is -0.390. The summed E-state index contributed by atoms with van der Waals surface area (Å²) in [5, 5.41) is 2.92. The molecule has 0 bridgehead atoms. The number of aromatic amines is 1. The maximum atomic E-state index is 12.9. The molecule has 0 spiro atoms. The number of fused-ring (bicyclic) bond motifs is 1. The summed E-state index contributed by atoms with van der Waals surface area (Å²) in [7, 11) is 0. The highest BCUT2D eigenvalue weighted by Gasteiger charge is 2.20. The van der Waals surface area contributed by atoms with E-state index in [0.717, 1.165) is 11.4 Å². The zero-order valence-electron chi connectivity index (χ0n) is 16.4. The zero-order valence-corrected chi connectivity index (χ0v) is 16.4. The third-order valence-electron chi connectivity index (χ3n) is 4.50. The van der Waals surface area contributed by atoms with Crippen molar-refractivity contribution in [2.24, 2.45) is 0 Å². The Labute approximate surface area is 161 Å². The van der Waals surface area contributed by atoms with Crippen LogP contribution in [0.2, 0.25) is 0 Å². The largest absolute Gasteiger partial charge is 0.346 e. The van der Waals surface area contributed by atoms with Gasteiger partial charge in [-0.2, -0.15) is 0 Å². The van der Waals surface area contributed by atoms with E-state index < -0.39 is 17.2 Å². The molecule has 1 amide bonds. The van der Waals surface area contributed by atoms with Gasteiger partial charge in [0.05, 0.1) is 23.2 Å². The minimum atomic E-state index is -0.619. The number of carbonyl (C=O) groups excluding carboxylic acids is 1. The van der Waals surface area contributed by atoms with Gasteiger partial charge in [-0.05, 0) is 38.0 Å². The van der Waals surface area contributed by atoms with Crippen molar-refractivity contribution in [1.29, 1.82) is 0 Å². The molecule has 146 valence electrons. The summed E-state index contributed by atoms with van der Waals surface area (Å²) in [6, 6.07) is 7.18. The van der Waals surface area contributed by atoms with E-state index in [4.69, 9.17) is 0 Å². The molecule has 0 saturated heterocycles. The number of amides is 1. The molecule has 3 heterocycles. The molecule has 0 saturated carbocycles. The van der Waals surface area contributed by atoms with Gasteiger partial charge in [-0.15, -0.1) is 0 Å². The van der Waals surface area contributed by atoms with E-state index in [-0.39, 0.29) is 29.1 Å². The summed E-state index contributed by atoms with van der Waals surface area (Å²) in [6.07, 6.45) is 0. The van der Waals surface area contributed by atoms with Gasteiger partial charge >= 0.3 is 5.69 Å². The average Bonchev–Trinajstić information content (AvgIpc) is 2.65. The maximum Gasteiger partial charge on any atom is 0.329 e. The van der Waals surface area contributed by atoms with E-state index in [1.165, 1.54) is 4.57 Å². The molecule has 0 aliphatic carbocycles. The maximum absolute atomic E-state index is 12.9. The predicted octanol–water partition coefficient (Wildman–Crippen LogP) is 1.86. The molecule has 0 unspecified atom stereocenters. The van der Waals surface area contributed by atoms with Crippen LogP contribution in [0.25, 0.3) is 11.0 Å². The van der Waals surface area contributed by atoms with Crippen molar-refractivity contribution >= 4 is 16.9 Å². The normalized spacial score (nSPS) is 11.2. The zero-order chi connectivity index (χ0) is 20.4. The summed E-state index contributed by atoms with van der Waals surface area (Å²) >= 11 is 0. The molecule has 3 aromatic heterocycles. The van der Waals surface area contributed by atoms with E-state index in [1.807, 2.05) is 39.0 Å². The fourth-order valence-corrected chi connectivity index (χ4v) is 3.03. The Hall–Kier alpha value is -3.29. The molecule has 0 atom stereocenters. The van der Waals surface area contributed by atoms with Gasteiger partial charge in [-0.3, -0.25) is 24.1 Å². The number of rotatable bonds is 5. The number of nitrogens with zero attached hydrogens (tertiary/aromatic N) is 3. The molecule has 28 heavy (non-hydrogen) atoms. The topological polar surface area (TPSA) is 110 Å². The first-order valence-corrected chi connectivity index (χ1v) is 9.20. The highest BCUT2D eigenvalue weighted by Crippen LogP contribution is 2.19. The molecule has 0 aromatic carbocycles. The van der Waals surface area contributed by atoms with Crippen LogP contribution in [0.15, 0.2) is 33.9 Å². The number of carbonyl (C=O) groups is 1. The van der Waals surface area contributed by atoms with Crippen LogP contribution >= 0.6 is 0 Å².